The van der Waals surface area contributed by atoms with Crippen molar-refractivity contribution in [1.29, 1.82) is 0 Å². The van der Waals surface area contributed by atoms with E-state index >= 15 is 0 Å². The average molecular weight is 340 g/mol. The molecular weight excluding hydrogens is 316 g/mol. The monoisotopic (exact) mass is 340 g/mol. The van der Waals surface area contributed by atoms with Crippen LogP contribution in [0, 0.1) is 0 Å². The number of carbonyl (C=O) groups is 1. The number of hydrogen-bond donors (Lipinski definition) is 2. The zero-order chi connectivity index (χ0) is 16.7. The maximum atomic E-state index is 12.4. The molecule has 2 amide bonds. The molecule has 2 heterocycles. The van der Waals surface area contributed by atoms with E-state index in [0.29, 0.717) is 26.1 Å². The number of nitrogens with zero attached hydrogens (tertiary/aromatic N) is 2. The first kappa shape index (κ1) is 17.7. The molecule has 8 heteroatoms. The number of likely N-dealkylation sites (tertiary alicyclic amines) is 1. The summed E-state index contributed by atoms with van der Waals surface area (Å²) in [5.74, 6) is 0. The molecule has 1 atom stereocenters. The van der Waals surface area contributed by atoms with E-state index < -0.39 is 10.0 Å². The van der Waals surface area contributed by atoms with Gasteiger partial charge in [0.1, 0.15) is 0 Å². The third-order valence-corrected chi connectivity index (χ3v) is 4.62. The fourth-order valence-corrected chi connectivity index (χ4v) is 3.25. The van der Waals surface area contributed by atoms with Crippen LogP contribution in [-0.2, 0) is 16.6 Å². The van der Waals surface area contributed by atoms with Crippen molar-refractivity contribution in [3.63, 3.8) is 0 Å². The summed E-state index contributed by atoms with van der Waals surface area (Å²) in [6.07, 6.45) is 8.16. The van der Waals surface area contributed by atoms with E-state index in [0.717, 1.165) is 31.1 Å². The summed E-state index contributed by atoms with van der Waals surface area (Å²) in [7, 11) is -3.18. The molecule has 1 fully saturated rings. The molecule has 128 valence electrons. The van der Waals surface area contributed by atoms with Gasteiger partial charge in [0.2, 0.25) is 10.0 Å². The highest BCUT2D eigenvalue weighted by Crippen LogP contribution is 2.19. The fraction of sp³-hybridized carbons (Fsp3) is 0.600. The Morgan fingerprint density at radius 3 is 2.96 bits per heavy atom. The molecule has 23 heavy (non-hydrogen) atoms. The van der Waals surface area contributed by atoms with Gasteiger partial charge < -0.3 is 10.2 Å². The first-order valence-corrected chi connectivity index (χ1v) is 9.73. The van der Waals surface area contributed by atoms with Crippen LogP contribution in [0.1, 0.15) is 31.2 Å². The first-order valence-electron chi connectivity index (χ1n) is 7.84. The lowest BCUT2D eigenvalue weighted by Gasteiger charge is -2.35. The zero-order valence-corrected chi connectivity index (χ0v) is 14.2. The molecule has 0 aliphatic carbocycles. The second-order valence-electron chi connectivity index (χ2n) is 5.82. The summed E-state index contributed by atoms with van der Waals surface area (Å²) >= 11 is 0. The molecular formula is C15H24N4O3S. The third kappa shape index (κ3) is 6.15. The maximum absolute atomic E-state index is 12.4. The topological polar surface area (TPSA) is 91.4 Å². The van der Waals surface area contributed by atoms with E-state index in [2.05, 4.69) is 15.0 Å². The largest absolute Gasteiger partial charge is 0.334 e. The van der Waals surface area contributed by atoms with Crippen molar-refractivity contribution in [2.75, 3.05) is 19.3 Å². The van der Waals surface area contributed by atoms with Gasteiger partial charge in [0.15, 0.2) is 0 Å². The number of aromatic nitrogens is 1. The number of urea groups is 1. The molecule has 1 aliphatic rings. The first-order chi connectivity index (χ1) is 11.0. The molecule has 2 rings (SSSR count). The maximum Gasteiger partial charge on any atom is 0.317 e. The molecule has 1 aromatic rings. The third-order valence-electron chi connectivity index (χ3n) is 3.90. The number of piperidine rings is 1. The van der Waals surface area contributed by atoms with Crippen molar-refractivity contribution < 1.29 is 13.2 Å². The van der Waals surface area contributed by atoms with Gasteiger partial charge >= 0.3 is 6.03 Å². The van der Waals surface area contributed by atoms with Crippen LogP contribution in [0.5, 0.6) is 0 Å². The SMILES string of the molecule is CS(=O)(=O)NCCC1CCCCN1C(=O)NCc1cccnc1. The van der Waals surface area contributed by atoms with Gasteiger partial charge in [0, 0.05) is 38.1 Å². The van der Waals surface area contributed by atoms with Crippen LogP contribution >= 0.6 is 0 Å². The summed E-state index contributed by atoms with van der Waals surface area (Å²) in [5.41, 5.74) is 0.952. The minimum Gasteiger partial charge on any atom is -0.334 e. The molecule has 2 N–H and O–H groups in total. The second kappa shape index (κ2) is 8.26. The molecule has 0 radical (unpaired) electrons. The van der Waals surface area contributed by atoms with Gasteiger partial charge in [-0.2, -0.15) is 0 Å². The standard InChI is InChI=1S/C15H24N4O3S/c1-23(21,22)18-9-7-14-6-2-3-10-19(14)15(20)17-12-13-5-4-8-16-11-13/h4-5,8,11,14,18H,2-3,6-7,9-10,12H2,1H3,(H,17,20). The van der Waals surface area contributed by atoms with Crippen LogP contribution in [0.25, 0.3) is 0 Å². The van der Waals surface area contributed by atoms with Crippen LogP contribution in [0.3, 0.4) is 0 Å². The second-order valence-corrected chi connectivity index (χ2v) is 7.65. The van der Waals surface area contributed by atoms with Crippen LogP contribution in [-0.4, -0.2) is 49.7 Å². The summed E-state index contributed by atoms with van der Waals surface area (Å²) in [4.78, 5) is 18.2. The van der Waals surface area contributed by atoms with Crippen LogP contribution in [0.2, 0.25) is 0 Å². The fourth-order valence-electron chi connectivity index (χ4n) is 2.76. The Labute approximate surface area is 137 Å². The van der Waals surface area contributed by atoms with E-state index in [-0.39, 0.29) is 12.1 Å². The van der Waals surface area contributed by atoms with Crippen LogP contribution < -0.4 is 10.0 Å². The van der Waals surface area contributed by atoms with Crippen LogP contribution in [0.4, 0.5) is 4.79 Å². The number of nitrogens with one attached hydrogen (secondary N) is 2. The number of hydrogen-bond acceptors (Lipinski definition) is 4. The smallest absolute Gasteiger partial charge is 0.317 e. The lowest BCUT2D eigenvalue weighted by Crippen LogP contribution is -2.49. The molecule has 0 aromatic carbocycles. The van der Waals surface area contributed by atoms with Crippen molar-refractivity contribution >= 4 is 16.1 Å². The van der Waals surface area contributed by atoms with E-state index in [1.54, 1.807) is 12.4 Å². The quantitative estimate of drug-likeness (QED) is 0.811. The molecule has 0 bridgehead atoms. The number of sulfonamides is 1. The average Bonchev–Trinajstić information content (AvgIpc) is 2.53. The van der Waals surface area contributed by atoms with Gasteiger partial charge in [0.05, 0.1) is 6.26 Å². The lowest BCUT2D eigenvalue weighted by atomic mass is 10.00. The molecule has 0 saturated carbocycles. The van der Waals surface area contributed by atoms with E-state index in [4.69, 9.17) is 0 Å². The number of pyridine rings is 1. The van der Waals surface area contributed by atoms with Gasteiger partial charge in [-0.15, -0.1) is 0 Å². The summed E-state index contributed by atoms with van der Waals surface area (Å²) in [6, 6.07) is 3.73. The zero-order valence-electron chi connectivity index (χ0n) is 13.4. The van der Waals surface area contributed by atoms with Crippen molar-refractivity contribution in [1.82, 2.24) is 19.9 Å². The van der Waals surface area contributed by atoms with Gasteiger partial charge in [-0.3, -0.25) is 4.98 Å². The van der Waals surface area contributed by atoms with Gasteiger partial charge in [0.25, 0.3) is 0 Å². The highest BCUT2D eigenvalue weighted by Gasteiger charge is 2.26. The van der Waals surface area contributed by atoms with Gasteiger partial charge in [-0.05, 0) is 37.3 Å². The number of rotatable bonds is 6. The molecule has 1 unspecified atom stereocenters. The number of carbonyl (C=O) groups excluding carboxylic acids is 1. The van der Waals surface area contributed by atoms with Crippen molar-refractivity contribution in [2.24, 2.45) is 0 Å². The van der Waals surface area contributed by atoms with E-state index in [1.165, 1.54) is 0 Å². The summed E-state index contributed by atoms with van der Waals surface area (Å²) in [6.45, 7) is 1.51. The van der Waals surface area contributed by atoms with Crippen LogP contribution in [0.15, 0.2) is 24.5 Å². The highest BCUT2D eigenvalue weighted by atomic mass is 32.2. The van der Waals surface area contributed by atoms with Crippen molar-refractivity contribution in [2.45, 2.75) is 38.3 Å². The summed E-state index contributed by atoms with van der Waals surface area (Å²) in [5, 5.41) is 2.91. The van der Waals surface area contributed by atoms with Gasteiger partial charge in [-0.1, -0.05) is 6.07 Å². The molecule has 0 spiro atoms. The van der Waals surface area contributed by atoms with Gasteiger partial charge in [-0.25, -0.2) is 17.9 Å². The van der Waals surface area contributed by atoms with Crippen molar-refractivity contribution in [3.8, 4) is 0 Å². The van der Waals surface area contributed by atoms with Crippen molar-refractivity contribution in [3.05, 3.63) is 30.1 Å². The number of amides is 2. The minimum absolute atomic E-state index is 0.0758. The normalized spacial score (nSPS) is 18.7. The molecule has 7 nitrogen and oxygen atoms in total. The highest BCUT2D eigenvalue weighted by molar-refractivity contribution is 7.88. The molecule has 1 aliphatic heterocycles. The van der Waals surface area contributed by atoms with E-state index in [9.17, 15) is 13.2 Å². The Kier molecular flexibility index (Phi) is 6.35. The Morgan fingerprint density at radius 2 is 2.26 bits per heavy atom. The molecule has 1 saturated heterocycles. The van der Waals surface area contributed by atoms with E-state index in [1.807, 2.05) is 17.0 Å². The Morgan fingerprint density at radius 1 is 1.43 bits per heavy atom. The Hall–Kier alpha value is -1.67. The Bertz CT molecular complexity index is 606. The predicted molar refractivity (Wildman–Crippen MR) is 88.3 cm³/mol. The summed E-state index contributed by atoms with van der Waals surface area (Å²) < 4.78 is 24.8. The Balaban J connectivity index is 1.85. The minimum atomic E-state index is -3.18. The lowest BCUT2D eigenvalue weighted by molar-refractivity contribution is 0.147. The molecule has 1 aromatic heterocycles. The predicted octanol–water partition coefficient (Wildman–Crippen LogP) is 1.08.